The third-order valence-corrected chi connectivity index (χ3v) is 1.85. The van der Waals surface area contributed by atoms with Crippen LogP contribution in [0.4, 0.5) is 4.79 Å². The molecule has 0 saturated carbocycles. The summed E-state index contributed by atoms with van der Waals surface area (Å²) in [6.45, 7) is 5.71. The fourth-order valence-electron chi connectivity index (χ4n) is 0.863. The summed E-state index contributed by atoms with van der Waals surface area (Å²) in [5.41, 5.74) is 10.7. The number of thiol groups is 1. The number of benzene rings is 1. The maximum absolute atomic E-state index is 9.09. The molecule has 20 heavy (non-hydrogen) atoms. The lowest BCUT2D eigenvalue weighted by molar-refractivity contribution is 0.267. The smallest absolute Gasteiger partial charge is 0.273 e. The molecule has 1 aromatic rings. The van der Waals surface area contributed by atoms with E-state index in [0.29, 0.717) is 5.03 Å². The van der Waals surface area contributed by atoms with E-state index in [9.17, 15) is 0 Å². The van der Waals surface area contributed by atoms with Crippen molar-refractivity contribution in [2.24, 2.45) is 11.5 Å². The summed E-state index contributed by atoms with van der Waals surface area (Å²) < 4.78 is 4.58. The molecule has 0 radical (unpaired) electrons. The number of hydrogen-bond acceptors (Lipinski definition) is 3. The van der Waals surface area contributed by atoms with E-state index >= 15 is 0 Å². The Kier molecular flexibility index (Phi) is 14.9. The number of carbonyl (C=O) groups is 1. The number of thiocarbonyl (C=S) groups is 1. The molecular weight excluding hydrogens is 316 g/mol. The highest BCUT2D eigenvalue weighted by Gasteiger charge is 1.88. The highest BCUT2D eigenvalue weighted by Crippen LogP contribution is 1.97. The van der Waals surface area contributed by atoms with Crippen molar-refractivity contribution in [2.75, 3.05) is 6.61 Å². The van der Waals surface area contributed by atoms with Crippen LogP contribution in [-0.2, 0) is 11.2 Å². The number of carbonyl (C=O) groups excluding carboxylic acids is 1. The van der Waals surface area contributed by atoms with Gasteiger partial charge < -0.3 is 16.2 Å². The molecule has 4 nitrogen and oxygen atoms in total. The number of ether oxygens (including phenoxy) is 1. The van der Waals surface area contributed by atoms with E-state index in [2.05, 4.69) is 73.1 Å². The van der Waals surface area contributed by atoms with Crippen molar-refractivity contribution < 1.29 is 9.53 Å². The predicted molar refractivity (Wildman–Crippen MR) is 92.1 cm³/mol. The summed E-state index contributed by atoms with van der Waals surface area (Å²) >= 11 is 12.8. The molecule has 4 N–H and O–H groups in total. The summed E-state index contributed by atoms with van der Waals surface area (Å²) in [4.78, 5) is 9.09. The van der Waals surface area contributed by atoms with Gasteiger partial charge in [0.2, 0.25) is 0 Å². The molecule has 0 heterocycles. The van der Waals surface area contributed by atoms with Crippen molar-refractivity contribution >= 4 is 46.9 Å². The molecule has 1 aromatic carbocycles. The Balaban J connectivity index is 0. The van der Waals surface area contributed by atoms with Crippen LogP contribution in [0.15, 0.2) is 41.9 Å². The van der Waals surface area contributed by atoms with Crippen LogP contribution in [0.1, 0.15) is 12.5 Å². The third kappa shape index (κ3) is 22.0. The van der Waals surface area contributed by atoms with E-state index in [-0.39, 0.29) is 11.8 Å². The normalized spacial score (nSPS) is 8.15. The Morgan fingerprint density at radius 1 is 1.40 bits per heavy atom. The molecule has 0 spiro atoms. The van der Waals surface area contributed by atoms with Gasteiger partial charge >= 0.3 is 0 Å². The maximum atomic E-state index is 9.09. The first-order valence-electron chi connectivity index (χ1n) is 5.57. The molecule has 0 bridgehead atoms. The van der Waals surface area contributed by atoms with Gasteiger partial charge in [-0.3, -0.25) is 4.79 Å². The van der Waals surface area contributed by atoms with Gasteiger partial charge in [-0.2, -0.15) is 0 Å². The fraction of sp³-hybridized carbons (Fsp3) is 0.231. The van der Waals surface area contributed by atoms with Crippen LogP contribution in [0.5, 0.6) is 0 Å². The number of primary amides is 1. The zero-order chi connectivity index (χ0) is 16.0. The average molecular weight is 335 g/mol. The summed E-state index contributed by atoms with van der Waals surface area (Å²) in [5.74, 6) is 0. The van der Waals surface area contributed by atoms with Gasteiger partial charge in [-0.1, -0.05) is 68.1 Å². The number of amides is 1. The third-order valence-electron chi connectivity index (χ3n) is 1.62. The van der Waals surface area contributed by atoms with Gasteiger partial charge in [0.1, 0.15) is 6.61 Å². The minimum Gasteiger partial charge on any atom is -0.465 e. The zero-order valence-corrected chi connectivity index (χ0v) is 13.7. The summed E-state index contributed by atoms with van der Waals surface area (Å²) in [6.07, 6.45) is 1.14. The van der Waals surface area contributed by atoms with E-state index in [1.54, 1.807) is 0 Å². The van der Waals surface area contributed by atoms with Crippen molar-refractivity contribution in [1.29, 1.82) is 0 Å². The molecule has 112 valence electrons. The summed E-state index contributed by atoms with van der Waals surface area (Å²) in [5, 5.41) is -0.260. The van der Waals surface area contributed by atoms with E-state index in [1.807, 2.05) is 6.07 Å². The second kappa shape index (κ2) is 14.2. The van der Waals surface area contributed by atoms with Crippen molar-refractivity contribution in [3.05, 3.63) is 47.5 Å². The SMILES string of the molecule is C=C(Cl)COC(N)=S.CCc1ccccc1.NC(=O)S. The first-order valence-corrected chi connectivity index (χ1v) is 6.80. The molecule has 0 fully saturated rings. The zero-order valence-electron chi connectivity index (χ0n) is 11.2. The number of aryl methyl sites for hydroxylation is 1. The number of halogens is 1. The van der Waals surface area contributed by atoms with Gasteiger partial charge in [0.25, 0.3) is 10.4 Å². The highest BCUT2D eigenvalue weighted by atomic mass is 35.5. The molecule has 0 aliphatic carbocycles. The standard InChI is InChI=1S/C8H10.C4H6ClNOS.CH3NOS/c1-2-8-6-4-3-5-7-8;1-3(5)2-7-4(6)8;2-1(3)4/h3-7H,2H2,1H3;1-2H2,(H2,6,8);(H3,2,3,4). The van der Waals surface area contributed by atoms with Gasteiger partial charge in [-0.25, -0.2) is 0 Å². The largest absolute Gasteiger partial charge is 0.465 e. The highest BCUT2D eigenvalue weighted by molar-refractivity contribution is 7.96. The van der Waals surface area contributed by atoms with Gasteiger partial charge in [0, 0.05) is 5.03 Å². The van der Waals surface area contributed by atoms with Crippen LogP contribution in [0.25, 0.3) is 0 Å². The van der Waals surface area contributed by atoms with Crippen molar-refractivity contribution in [3.63, 3.8) is 0 Å². The first-order chi connectivity index (χ1) is 9.29. The number of nitrogens with two attached hydrogens (primary N) is 2. The van der Waals surface area contributed by atoms with Gasteiger partial charge in [0.15, 0.2) is 0 Å². The van der Waals surface area contributed by atoms with Gasteiger partial charge in [0.05, 0.1) is 0 Å². The van der Waals surface area contributed by atoms with Crippen molar-refractivity contribution in [1.82, 2.24) is 0 Å². The lowest BCUT2D eigenvalue weighted by atomic mass is 10.2. The maximum Gasteiger partial charge on any atom is 0.273 e. The molecule has 0 aromatic heterocycles. The van der Waals surface area contributed by atoms with Crippen molar-refractivity contribution in [2.45, 2.75) is 13.3 Å². The van der Waals surface area contributed by atoms with Gasteiger partial charge in [-0.05, 0) is 24.2 Å². The first kappa shape index (κ1) is 21.1. The Hall–Kier alpha value is -1.24. The van der Waals surface area contributed by atoms with Crippen LogP contribution in [0.2, 0.25) is 0 Å². The quantitative estimate of drug-likeness (QED) is 0.585. The van der Waals surface area contributed by atoms with Crippen LogP contribution in [0.3, 0.4) is 0 Å². The molecule has 7 heteroatoms. The number of rotatable bonds is 3. The molecule has 0 atom stereocenters. The topological polar surface area (TPSA) is 78.3 Å². The molecule has 0 aliphatic rings. The minimum absolute atomic E-state index is 0.00759. The molecular formula is C13H19ClN2O2S2. The lowest BCUT2D eigenvalue weighted by Gasteiger charge is -1.98. The predicted octanol–water partition coefficient (Wildman–Crippen LogP) is 3.24. The Morgan fingerprint density at radius 2 is 1.85 bits per heavy atom. The second-order valence-electron chi connectivity index (χ2n) is 3.30. The number of hydrogen-bond donors (Lipinski definition) is 3. The Labute approximate surface area is 135 Å². The van der Waals surface area contributed by atoms with Crippen LogP contribution < -0.4 is 11.5 Å². The Morgan fingerprint density at radius 3 is 2.05 bits per heavy atom. The van der Waals surface area contributed by atoms with Crippen molar-refractivity contribution in [3.8, 4) is 0 Å². The summed E-state index contributed by atoms with van der Waals surface area (Å²) in [7, 11) is 0. The molecule has 0 saturated heterocycles. The average Bonchev–Trinajstić information content (AvgIpc) is 2.37. The van der Waals surface area contributed by atoms with Gasteiger partial charge in [-0.15, -0.1) is 0 Å². The van der Waals surface area contributed by atoms with E-state index in [0.717, 1.165) is 6.42 Å². The summed E-state index contributed by atoms with van der Waals surface area (Å²) in [6, 6.07) is 10.5. The van der Waals surface area contributed by atoms with Crippen LogP contribution >= 0.6 is 36.4 Å². The Bertz CT molecular complexity index is 396. The molecule has 1 amide bonds. The fourth-order valence-corrected chi connectivity index (χ4v) is 0.977. The van der Waals surface area contributed by atoms with Crippen LogP contribution in [-0.4, -0.2) is 17.0 Å². The lowest BCUT2D eigenvalue weighted by Crippen LogP contribution is -2.12. The van der Waals surface area contributed by atoms with Crippen LogP contribution in [0, 0.1) is 0 Å². The monoisotopic (exact) mass is 334 g/mol. The molecule has 1 rings (SSSR count). The van der Waals surface area contributed by atoms with E-state index in [1.165, 1.54) is 5.56 Å². The minimum atomic E-state index is -0.639. The van der Waals surface area contributed by atoms with E-state index < -0.39 is 5.24 Å². The molecule has 0 aliphatic heterocycles. The van der Waals surface area contributed by atoms with E-state index in [4.69, 9.17) is 22.1 Å². The molecule has 0 unspecified atom stereocenters. The second-order valence-corrected chi connectivity index (χ2v) is 4.68.